The zero-order chi connectivity index (χ0) is 12.1. The predicted molar refractivity (Wildman–Crippen MR) is 65.6 cm³/mol. The van der Waals surface area contributed by atoms with Crippen molar-refractivity contribution in [2.24, 2.45) is 11.8 Å². The largest absolute Gasteiger partial charge is 0.481 e. The molecule has 0 aromatic carbocycles. The van der Waals surface area contributed by atoms with Crippen LogP contribution in [0.25, 0.3) is 0 Å². The second-order valence-electron chi connectivity index (χ2n) is 4.91. The third kappa shape index (κ3) is 3.29. The molecular formula is C14H19NO2. The van der Waals surface area contributed by atoms with E-state index in [1.165, 1.54) is 6.42 Å². The van der Waals surface area contributed by atoms with Crippen molar-refractivity contribution in [2.45, 2.75) is 38.5 Å². The highest BCUT2D eigenvalue weighted by Crippen LogP contribution is 2.31. The van der Waals surface area contributed by atoms with Crippen molar-refractivity contribution in [3.63, 3.8) is 0 Å². The molecule has 0 aliphatic heterocycles. The van der Waals surface area contributed by atoms with Gasteiger partial charge in [0.05, 0.1) is 5.92 Å². The SMILES string of the molecule is O=C(O)C1CCCCCC1Cc1cccnc1. The first-order chi connectivity index (χ1) is 8.27. The van der Waals surface area contributed by atoms with Gasteiger partial charge in [-0.15, -0.1) is 0 Å². The summed E-state index contributed by atoms with van der Waals surface area (Å²) in [6.07, 6.45) is 9.72. The maximum absolute atomic E-state index is 11.3. The summed E-state index contributed by atoms with van der Waals surface area (Å²) in [5.41, 5.74) is 1.16. The number of pyridine rings is 1. The molecule has 1 N–H and O–H groups in total. The van der Waals surface area contributed by atoms with E-state index in [9.17, 15) is 9.90 Å². The van der Waals surface area contributed by atoms with Crippen molar-refractivity contribution in [2.75, 3.05) is 0 Å². The molecule has 3 nitrogen and oxygen atoms in total. The lowest BCUT2D eigenvalue weighted by Gasteiger charge is -2.21. The quantitative estimate of drug-likeness (QED) is 0.817. The van der Waals surface area contributed by atoms with Gasteiger partial charge in [0.25, 0.3) is 0 Å². The minimum atomic E-state index is -0.624. The van der Waals surface area contributed by atoms with Gasteiger partial charge in [-0.3, -0.25) is 9.78 Å². The van der Waals surface area contributed by atoms with Crippen LogP contribution in [0.3, 0.4) is 0 Å². The molecule has 1 aliphatic rings. The second-order valence-corrected chi connectivity index (χ2v) is 4.91. The number of hydrogen-bond acceptors (Lipinski definition) is 2. The summed E-state index contributed by atoms with van der Waals surface area (Å²) in [4.78, 5) is 15.4. The number of aromatic nitrogens is 1. The summed E-state index contributed by atoms with van der Waals surface area (Å²) in [5, 5.41) is 9.30. The van der Waals surface area contributed by atoms with E-state index in [4.69, 9.17) is 0 Å². The number of nitrogens with zero attached hydrogens (tertiary/aromatic N) is 1. The Morgan fingerprint density at radius 3 is 2.88 bits per heavy atom. The molecule has 2 rings (SSSR count). The first-order valence-electron chi connectivity index (χ1n) is 6.39. The van der Waals surface area contributed by atoms with E-state index < -0.39 is 5.97 Å². The highest BCUT2D eigenvalue weighted by atomic mass is 16.4. The first-order valence-corrected chi connectivity index (χ1v) is 6.39. The smallest absolute Gasteiger partial charge is 0.306 e. The van der Waals surface area contributed by atoms with Gasteiger partial charge >= 0.3 is 5.97 Å². The molecule has 1 saturated carbocycles. The summed E-state index contributed by atoms with van der Waals surface area (Å²) >= 11 is 0. The number of carboxylic acid groups (broad SMARTS) is 1. The van der Waals surface area contributed by atoms with Crippen LogP contribution >= 0.6 is 0 Å². The molecule has 0 saturated heterocycles. The fraction of sp³-hybridized carbons (Fsp3) is 0.571. The number of carbonyl (C=O) groups is 1. The highest BCUT2D eigenvalue weighted by molar-refractivity contribution is 5.70. The Bertz CT molecular complexity index is 364. The monoisotopic (exact) mass is 233 g/mol. The third-order valence-corrected chi connectivity index (χ3v) is 3.70. The van der Waals surface area contributed by atoms with Gasteiger partial charge in [0.2, 0.25) is 0 Å². The first kappa shape index (κ1) is 12.1. The van der Waals surface area contributed by atoms with Crippen LogP contribution in [0.15, 0.2) is 24.5 Å². The lowest BCUT2D eigenvalue weighted by molar-refractivity contribution is -0.143. The van der Waals surface area contributed by atoms with Crippen molar-refractivity contribution < 1.29 is 9.90 Å². The predicted octanol–water partition coefficient (Wildman–Crippen LogP) is 2.91. The summed E-state index contributed by atoms with van der Waals surface area (Å²) in [7, 11) is 0. The Labute approximate surface area is 102 Å². The molecule has 0 spiro atoms. The summed E-state index contributed by atoms with van der Waals surface area (Å²) in [5.74, 6) is -0.516. The van der Waals surface area contributed by atoms with Gasteiger partial charge in [0.1, 0.15) is 0 Å². The molecule has 0 bridgehead atoms. The zero-order valence-electron chi connectivity index (χ0n) is 10.0. The van der Waals surface area contributed by atoms with Gasteiger partial charge in [-0.05, 0) is 36.8 Å². The molecule has 1 aromatic rings. The van der Waals surface area contributed by atoms with Crippen molar-refractivity contribution in [1.82, 2.24) is 4.98 Å². The Balaban J connectivity index is 2.07. The molecule has 1 aliphatic carbocycles. The van der Waals surface area contributed by atoms with Gasteiger partial charge in [0, 0.05) is 12.4 Å². The van der Waals surface area contributed by atoms with E-state index in [1.54, 1.807) is 6.20 Å². The Kier molecular flexibility index (Phi) is 4.13. The van der Waals surface area contributed by atoms with Gasteiger partial charge in [0.15, 0.2) is 0 Å². The molecule has 2 unspecified atom stereocenters. The van der Waals surface area contributed by atoms with E-state index in [1.807, 2.05) is 18.3 Å². The molecule has 2 atom stereocenters. The van der Waals surface area contributed by atoms with Gasteiger partial charge in [-0.1, -0.05) is 25.3 Å². The molecule has 17 heavy (non-hydrogen) atoms. The molecule has 1 aromatic heterocycles. The van der Waals surface area contributed by atoms with Crippen LogP contribution < -0.4 is 0 Å². The maximum atomic E-state index is 11.3. The van der Waals surface area contributed by atoms with E-state index in [2.05, 4.69) is 4.98 Å². The molecule has 0 amide bonds. The fourth-order valence-electron chi connectivity index (χ4n) is 2.78. The standard InChI is InChI=1S/C14H19NO2/c16-14(17)13-7-3-1-2-6-12(13)9-11-5-4-8-15-10-11/h4-5,8,10,12-13H,1-3,6-7,9H2,(H,16,17). The maximum Gasteiger partial charge on any atom is 0.306 e. The molecule has 92 valence electrons. The Hall–Kier alpha value is -1.38. The summed E-state index contributed by atoms with van der Waals surface area (Å²) < 4.78 is 0. The van der Waals surface area contributed by atoms with E-state index in [0.29, 0.717) is 0 Å². The summed E-state index contributed by atoms with van der Waals surface area (Å²) in [6, 6.07) is 3.96. The van der Waals surface area contributed by atoms with Gasteiger partial charge in [-0.2, -0.15) is 0 Å². The summed E-state index contributed by atoms with van der Waals surface area (Å²) in [6.45, 7) is 0. The molecular weight excluding hydrogens is 214 g/mol. The Morgan fingerprint density at radius 2 is 2.18 bits per heavy atom. The minimum absolute atomic E-state index is 0.169. The number of rotatable bonds is 3. The van der Waals surface area contributed by atoms with Crippen LogP contribution in [-0.4, -0.2) is 16.1 Å². The zero-order valence-corrected chi connectivity index (χ0v) is 10.0. The number of carboxylic acids is 1. The average molecular weight is 233 g/mol. The van der Waals surface area contributed by atoms with Crippen LogP contribution in [0.2, 0.25) is 0 Å². The lowest BCUT2D eigenvalue weighted by atomic mass is 9.83. The van der Waals surface area contributed by atoms with E-state index >= 15 is 0 Å². The number of hydrogen-bond donors (Lipinski definition) is 1. The van der Waals surface area contributed by atoms with Crippen LogP contribution in [0.4, 0.5) is 0 Å². The van der Waals surface area contributed by atoms with Crippen molar-refractivity contribution in [1.29, 1.82) is 0 Å². The molecule has 0 radical (unpaired) electrons. The number of aliphatic carboxylic acids is 1. The minimum Gasteiger partial charge on any atom is -0.481 e. The average Bonchev–Trinajstić information content (AvgIpc) is 2.56. The molecule has 1 heterocycles. The fourth-order valence-corrected chi connectivity index (χ4v) is 2.78. The molecule has 1 fully saturated rings. The van der Waals surface area contributed by atoms with Crippen molar-refractivity contribution in [3.8, 4) is 0 Å². The van der Waals surface area contributed by atoms with Crippen LogP contribution in [0.5, 0.6) is 0 Å². The van der Waals surface area contributed by atoms with Crippen molar-refractivity contribution >= 4 is 5.97 Å². The highest BCUT2D eigenvalue weighted by Gasteiger charge is 2.29. The topological polar surface area (TPSA) is 50.2 Å². The van der Waals surface area contributed by atoms with Crippen molar-refractivity contribution in [3.05, 3.63) is 30.1 Å². The second kappa shape index (κ2) is 5.80. The van der Waals surface area contributed by atoms with Gasteiger partial charge in [-0.25, -0.2) is 0 Å². The normalized spacial score (nSPS) is 25.2. The van der Waals surface area contributed by atoms with Crippen LogP contribution in [0, 0.1) is 11.8 Å². The van der Waals surface area contributed by atoms with Crippen LogP contribution in [0.1, 0.15) is 37.7 Å². The van der Waals surface area contributed by atoms with Crippen LogP contribution in [-0.2, 0) is 11.2 Å². The Morgan fingerprint density at radius 1 is 1.35 bits per heavy atom. The molecule has 3 heteroatoms. The lowest BCUT2D eigenvalue weighted by Crippen LogP contribution is -2.24. The van der Waals surface area contributed by atoms with E-state index in [-0.39, 0.29) is 11.8 Å². The van der Waals surface area contributed by atoms with Gasteiger partial charge < -0.3 is 5.11 Å². The third-order valence-electron chi connectivity index (χ3n) is 3.70. The van der Waals surface area contributed by atoms with E-state index in [0.717, 1.165) is 37.7 Å².